The minimum absolute atomic E-state index is 0.138. The van der Waals surface area contributed by atoms with E-state index in [-0.39, 0.29) is 11.7 Å². The van der Waals surface area contributed by atoms with Crippen molar-refractivity contribution >= 4 is 17.0 Å². The Morgan fingerprint density at radius 3 is 2.77 bits per heavy atom. The van der Waals surface area contributed by atoms with Gasteiger partial charge in [-0.3, -0.25) is 14.3 Å². The quantitative estimate of drug-likeness (QED) is 0.853. The molecule has 0 radical (unpaired) electrons. The minimum atomic E-state index is -0.304. The number of oxazole rings is 1. The SMILES string of the molecule is CC(=O)N1CCCN(CCn2c(=O)oc3ccccc32)CC1. The molecule has 0 spiro atoms. The highest BCUT2D eigenvalue weighted by Gasteiger charge is 2.17. The van der Waals surface area contributed by atoms with Gasteiger partial charge >= 0.3 is 5.76 Å². The number of hydrogen-bond donors (Lipinski definition) is 0. The third-order valence-electron chi connectivity index (χ3n) is 4.25. The second-order valence-corrected chi connectivity index (χ2v) is 5.69. The summed E-state index contributed by atoms with van der Waals surface area (Å²) in [5.74, 6) is -0.166. The van der Waals surface area contributed by atoms with Crippen LogP contribution in [-0.2, 0) is 11.3 Å². The van der Waals surface area contributed by atoms with Gasteiger partial charge in [0.1, 0.15) is 0 Å². The molecule has 0 aliphatic carbocycles. The van der Waals surface area contributed by atoms with E-state index < -0.39 is 0 Å². The Bertz CT molecular complexity index is 719. The molecule has 1 fully saturated rings. The maximum absolute atomic E-state index is 11.9. The van der Waals surface area contributed by atoms with Crippen molar-refractivity contribution in [3.63, 3.8) is 0 Å². The van der Waals surface area contributed by atoms with E-state index >= 15 is 0 Å². The molecule has 118 valence electrons. The fourth-order valence-corrected chi connectivity index (χ4v) is 2.98. The first-order valence-electron chi connectivity index (χ1n) is 7.71. The normalized spacial score (nSPS) is 16.9. The summed E-state index contributed by atoms with van der Waals surface area (Å²) in [7, 11) is 0. The second kappa shape index (κ2) is 6.36. The van der Waals surface area contributed by atoms with Crippen LogP contribution in [0.3, 0.4) is 0 Å². The van der Waals surface area contributed by atoms with E-state index in [0.717, 1.165) is 44.7 Å². The average molecular weight is 303 g/mol. The van der Waals surface area contributed by atoms with Crippen LogP contribution in [0.4, 0.5) is 0 Å². The van der Waals surface area contributed by atoms with Crippen molar-refractivity contribution in [1.82, 2.24) is 14.4 Å². The molecule has 22 heavy (non-hydrogen) atoms. The van der Waals surface area contributed by atoms with E-state index in [9.17, 15) is 9.59 Å². The highest BCUT2D eigenvalue weighted by Crippen LogP contribution is 2.12. The number of hydrogen-bond acceptors (Lipinski definition) is 4. The summed E-state index contributed by atoms with van der Waals surface area (Å²) in [6.45, 7) is 6.40. The van der Waals surface area contributed by atoms with Crippen LogP contribution in [-0.4, -0.2) is 53.0 Å². The molecule has 3 rings (SSSR count). The van der Waals surface area contributed by atoms with Gasteiger partial charge in [0.2, 0.25) is 5.91 Å². The molecule has 2 aromatic rings. The monoisotopic (exact) mass is 303 g/mol. The third-order valence-corrected chi connectivity index (χ3v) is 4.25. The Balaban J connectivity index is 1.66. The standard InChI is InChI=1S/C16H21N3O3/c1-13(20)18-8-4-7-17(9-11-18)10-12-19-14-5-2-3-6-15(14)22-16(19)21/h2-3,5-6H,4,7-12H2,1H3. The molecule has 1 saturated heterocycles. The Kier molecular flexibility index (Phi) is 4.29. The summed E-state index contributed by atoms with van der Waals surface area (Å²) in [4.78, 5) is 27.6. The number of amides is 1. The Morgan fingerprint density at radius 1 is 1.14 bits per heavy atom. The lowest BCUT2D eigenvalue weighted by Gasteiger charge is -2.21. The van der Waals surface area contributed by atoms with E-state index in [0.29, 0.717) is 12.1 Å². The molecule has 1 aromatic carbocycles. The predicted molar refractivity (Wildman–Crippen MR) is 83.8 cm³/mol. The zero-order chi connectivity index (χ0) is 15.5. The van der Waals surface area contributed by atoms with Crippen LogP contribution >= 0.6 is 0 Å². The largest absolute Gasteiger partial charge is 0.419 e. The van der Waals surface area contributed by atoms with Gasteiger partial charge in [-0.05, 0) is 25.1 Å². The van der Waals surface area contributed by atoms with Gasteiger partial charge in [0.15, 0.2) is 5.58 Å². The molecule has 0 saturated carbocycles. The first kappa shape index (κ1) is 14.8. The number of nitrogens with zero attached hydrogens (tertiary/aromatic N) is 3. The summed E-state index contributed by atoms with van der Waals surface area (Å²) < 4.78 is 6.93. The van der Waals surface area contributed by atoms with E-state index in [1.807, 2.05) is 29.2 Å². The molecule has 1 aliphatic rings. The topological polar surface area (TPSA) is 58.7 Å². The summed E-state index contributed by atoms with van der Waals surface area (Å²) in [5, 5.41) is 0. The first-order valence-corrected chi connectivity index (χ1v) is 7.71. The van der Waals surface area contributed by atoms with E-state index in [1.54, 1.807) is 11.5 Å². The van der Waals surface area contributed by atoms with Gasteiger partial charge in [0.25, 0.3) is 0 Å². The number of carbonyl (C=O) groups excluding carboxylic acids is 1. The molecule has 6 nitrogen and oxygen atoms in total. The minimum Gasteiger partial charge on any atom is -0.408 e. The van der Waals surface area contributed by atoms with Crippen molar-refractivity contribution < 1.29 is 9.21 Å². The molecule has 0 bridgehead atoms. The van der Waals surface area contributed by atoms with Crippen LogP contribution < -0.4 is 5.76 Å². The van der Waals surface area contributed by atoms with Gasteiger partial charge in [-0.2, -0.15) is 0 Å². The van der Waals surface area contributed by atoms with Crippen LogP contribution in [0.5, 0.6) is 0 Å². The smallest absolute Gasteiger partial charge is 0.408 e. The van der Waals surface area contributed by atoms with E-state index in [2.05, 4.69) is 4.90 Å². The summed E-state index contributed by atoms with van der Waals surface area (Å²) in [6, 6.07) is 7.48. The molecule has 6 heteroatoms. The van der Waals surface area contributed by atoms with Crippen LogP contribution in [0.25, 0.3) is 11.1 Å². The molecule has 1 aliphatic heterocycles. The van der Waals surface area contributed by atoms with Crippen molar-refractivity contribution in [1.29, 1.82) is 0 Å². The number of rotatable bonds is 3. The summed E-state index contributed by atoms with van der Waals surface area (Å²) >= 11 is 0. The summed E-state index contributed by atoms with van der Waals surface area (Å²) in [5.41, 5.74) is 1.47. The number of fused-ring (bicyclic) bond motifs is 1. The van der Waals surface area contributed by atoms with Gasteiger partial charge in [-0.1, -0.05) is 12.1 Å². The Morgan fingerprint density at radius 2 is 1.95 bits per heavy atom. The zero-order valence-electron chi connectivity index (χ0n) is 12.8. The lowest BCUT2D eigenvalue weighted by atomic mass is 10.3. The van der Waals surface area contributed by atoms with Gasteiger partial charge in [-0.25, -0.2) is 4.79 Å². The van der Waals surface area contributed by atoms with Crippen molar-refractivity contribution in [3.8, 4) is 0 Å². The van der Waals surface area contributed by atoms with E-state index in [1.165, 1.54) is 0 Å². The lowest BCUT2D eigenvalue weighted by Crippen LogP contribution is -2.35. The molecular weight excluding hydrogens is 282 g/mol. The molecular formula is C16H21N3O3. The molecule has 0 atom stereocenters. The number of carbonyl (C=O) groups is 1. The van der Waals surface area contributed by atoms with Crippen molar-refractivity contribution in [3.05, 3.63) is 34.8 Å². The van der Waals surface area contributed by atoms with Crippen LogP contribution in [0.2, 0.25) is 0 Å². The van der Waals surface area contributed by atoms with Crippen LogP contribution in [0.1, 0.15) is 13.3 Å². The molecule has 0 N–H and O–H groups in total. The molecule has 2 heterocycles. The van der Waals surface area contributed by atoms with Gasteiger partial charge in [0.05, 0.1) is 5.52 Å². The molecule has 0 unspecified atom stereocenters. The summed E-state index contributed by atoms with van der Waals surface area (Å²) in [6.07, 6.45) is 0.973. The van der Waals surface area contributed by atoms with Gasteiger partial charge in [0, 0.05) is 39.6 Å². The third kappa shape index (κ3) is 3.06. The molecule has 1 amide bonds. The maximum Gasteiger partial charge on any atom is 0.419 e. The lowest BCUT2D eigenvalue weighted by molar-refractivity contribution is -0.128. The van der Waals surface area contributed by atoms with Crippen LogP contribution in [0, 0.1) is 0 Å². The van der Waals surface area contributed by atoms with Crippen molar-refractivity contribution in [2.45, 2.75) is 19.9 Å². The van der Waals surface area contributed by atoms with Crippen LogP contribution in [0.15, 0.2) is 33.5 Å². The first-order chi connectivity index (χ1) is 10.6. The second-order valence-electron chi connectivity index (χ2n) is 5.69. The Labute approximate surface area is 128 Å². The van der Waals surface area contributed by atoms with Gasteiger partial charge in [-0.15, -0.1) is 0 Å². The fraction of sp³-hybridized carbons (Fsp3) is 0.500. The highest BCUT2D eigenvalue weighted by atomic mass is 16.4. The number of aromatic nitrogens is 1. The van der Waals surface area contributed by atoms with Crippen molar-refractivity contribution in [2.24, 2.45) is 0 Å². The fourth-order valence-electron chi connectivity index (χ4n) is 2.98. The van der Waals surface area contributed by atoms with Crippen molar-refractivity contribution in [2.75, 3.05) is 32.7 Å². The maximum atomic E-state index is 11.9. The molecule has 1 aromatic heterocycles. The Hall–Kier alpha value is -2.08. The number of benzene rings is 1. The predicted octanol–water partition coefficient (Wildman–Crippen LogP) is 1.15. The highest BCUT2D eigenvalue weighted by molar-refractivity contribution is 5.73. The number of para-hydroxylation sites is 2. The average Bonchev–Trinajstić information content (AvgIpc) is 2.68. The van der Waals surface area contributed by atoms with E-state index in [4.69, 9.17) is 4.42 Å². The zero-order valence-corrected chi connectivity index (χ0v) is 12.8. The van der Waals surface area contributed by atoms with Gasteiger partial charge < -0.3 is 9.32 Å².